The number of halogens is 3. The van der Waals surface area contributed by atoms with Crippen molar-refractivity contribution in [2.75, 3.05) is 45.2 Å². The van der Waals surface area contributed by atoms with Gasteiger partial charge in [0.25, 0.3) is 0 Å². The van der Waals surface area contributed by atoms with Gasteiger partial charge in [0.2, 0.25) is 5.91 Å². The van der Waals surface area contributed by atoms with E-state index >= 15 is 0 Å². The fourth-order valence-electron chi connectivity index (χ4n) is 6.69. The Balaban J connectivity index is 1.32. The van der Waals surface area contributed by atoms with E-state index in [1.807, 2.05) is 47.4 Å². The number of rotatable bonds is 7. The van der Waals surface area contributed by atoms with Gasteiger partial charge in [0.1, 0.15) is 6.23 Å². The zero-order valence-electron chi connectivity index (χ0n) is 24.4. The van der Waals surface area contributed by atoms with Crippen LogP contribution in [0.25, 0.3) is 0 Å². The molecule has 1 amide bonds. The molecule has 0 aromatic heterocycles. The number of likely N-dealkylation sites (tertiary alicyclic amines) is 1. The van der Waals surface area contributed by atoms with E-state index in [2.05, 4.69) is 40.8 Å². The summed E-state index contributed by atoms with van der Waals surface area (Å²) in [5.41, 5.74) is 3.62. The third kappa shape index (κ3) is 7.35. The Morgan fingerprint density at radius 2 is 1.83 bits per heavy atom. The summed E-state index contributed by atoms with van der Waals surface area (Å²) in [5.74, 6) is 0.102. The number of carbonyl (C=O) groups excluding carboxylic acids is 1. The second-order valence-electron chi connectivity index (χ2n) is 11.7. The molecule has 42 heavy (non-hydrogen) atoms. The molecule has 3 aliphatic heterocycles. The van der Waals surface area contributed by atoms with Crippen molar-refractivity contribution in [1.29, 1.82) is 0 Å². The standard InChI is InChI=1S/C33H41Cl3N4O2/c1-39-22-33(27-21-26(36)13-14-30(27)39)15-18-40(19-16-33)32(41)29(20-23-9-11-25(35)12-10-23)38-31(42-2)28-8-5-7-24(34)6-3-4-17-37-28/h3,6-7,9-14,21,28-29,31,37-38H,4-5,8,15-20,22H2,1-2H3/b6-3-,24-7+/t28-,29+,31-/m0/s1. The fraction of sp³-hybridized carbons (Fsp3) is 0.485. The van der Waals surface area contributed by atoms with E-state index < -0.39 is 6.04 Å². The molecule has 9 heteroatoms. The Morgan fingerprint density at radius 3 is 2.57 bits per heavy atom. The van der Waals surface area contributed by atoms with Crippen LogP contribution in [0, 0.1) is 0 Å². The Hall–Kier alpha value is -2.06. The molecule has 3 aliphatic rings. The van der Waals surface area contributed by atoms with Gasteiger partial charge < -0.3 is 19.9 Å². The van der Waals surface area contributed by atoms with E-state index in [1.54, 1.807) is 7.11 Å². The summed E-state index contributed by atoms with van der Waals surface area (Å²) in [5, 5.41) is 9.45. The minimum Gasteiger partial charge on any atom is -0.373 e. The molecule has 0 bridgehead atoms. The maximum Gasteiger partial charge on any atom is 0.240 e. The number of fused-ring (bicyclic) bond motifs is 2. The maximum atomic E-state index is 14.2. The maximum absolute atomic E-state index is 14.2. The summed E-state index contributed by atoms with van der Waals surface area (Å²) in [7, 11) is 3.85. The number of methoxy groups -OCH3 is 1. The Bertz CT molecular complexity index is 1290. The summed E-state index contributed by atoms with van der Waals surface area (Å²) in [6.07, 6.45) is 10.6. The fourth-order valence-corrected chi connectivity index (χ4v) is 7.19. The van der Waals surface area contributed by atoms with Crippen molar-refractivity contribution in [3.8, 4) is 0 Å². The molecular formula is C33H41Cl3N4O2. The Labute approximate surface area is 265 Å². The molecule has 0 saturated carbocycles. The number of amides is 1. The molecule has 0 unspecified atom stereocenters. The van der Waals surface area contributed by atoms with Crippen LogP contribution in [0.15, 0.2) is 65.7 Å². The molecule has 1 fully saturated rings. The van der Waals surface area contributed by atoms with Gasteiger partial charge >= 0.3 is 0 Å². The van der Waals surface area contributed by atoms with E-state index in [1.165, 1.54) is 11.3 Å². The average molecular weight is 632 g/mol. The molecular weight excluding hydrogens is 591 g/mol. The largest absolute Gasteiger partial charge is 0.373 e. The van der Waals surface area contributed by atoms with Crippen LogP contribution in [0.2, 0.25) is 10.0 Å². The van der Waals surface area contributed by atoms with Gasteiger partial charge in [-0.25, -0.2) is 0 Å². The van der Waals surface area contributed by atoms with Crippen LogP contribution < -0.4 is 15.5 Å². The third-order valence-electron chi connectivity index (χ3n) is 8.96. The highest BCUT2D eigenvalue weighted by Crippen LogP contribution is 2.47. The Kier molecular flexibility index (Phi) is 10.6. The molecule has 2 N–H and O–H groups in total. The van der Waals surface area contributed by atoms with Gasteiger partial charge in [0, 0.05) is 66.0 Å². The molecule has 1 spiro atoms. The van der Waals surface area contributed by atoms with E-state index in [0.29, 0.717) is 24.5 Å². The minimum absolute atomic E-state index is 0.0163. The summed E-state index contributed by atoms with van der Waals surface area (Å²) in [6.45, 7) is 3.15. The average Bonchev–Trinajstić information content (AvgIpc) is 3.25. The lowest BCUT2D eigenvalue weighted by atomic mass is 9.74. The molecule has 0 radical (unpaired) electrons. The number of benzene rings is 2. The number of carbonyl (C=O) groups is 1. The van der Waals surface area contributed by atoms with Crippen LogP contribution in [-0.2, 0) is 21.4 Å². The minimum atomic E-state index is -0.450. The Morgan fingerprint density at radius 1 is 1.10 bits per heavy atom. The molecule has 5 rings (SSSR count). The van der Waals surface area contributed by atoms with Crippen molar-refractivity contribution in [2.24, 2.45) is 0 Å². The van der Waals surface area contributed by atoms with Gasteiger partial charge in [0.05, 0.1) is 6.04 Å². The smallest absolute Gasteiger partial charge is 0.240 e. The highest BCUT2D eigenvalue weighted by atomic mass is 35.5. The van der Waals surface area contributed by atoms with Crippen LogP contribution >= 0.6 is 34.8 Å². The number of allylic oxidation sites excluding steroid dienone is 3. The van der Waals surface area contributed by atoms with Crippen LogP contribution in [0.1, 0.15) is 43.2 Å². The third-order valence-corrected chi connectivity index (χ3v) is 9.73. The van der Waals surface area contributed by atoms with Crippen LogP contribution in [0.5, 0.6) is 0 Å². The van der Waals surface area contributed by atoms with E-state index in [-0.39, 0.29) is 23.6 Å². The number of anilines is 1. The molecule has 3 heterocycles. The van der Waals surface area contributed by atoms with Crippen molar-refractivity contribution in [1.82, 2.24) is 15.5 Å². The lowest BCUT2D eigenvalue weighted by Crippen LogP contribution is -2.59. The molecule has 0 aliphatic carbocycles. The number of nitrogens with zero attached hydrogens (tertiary/aromatic N) is 2. The second kappa shape index (κ2) is 14.1. The molecule has 3 atom stereocenters. The SMILES string of the molecule is CO[C@H](N[C@H](Cc1ccc(Cl)cc1)C(=O)N1CCC2(CC1)CN(C)c1ccc(Cl)cc12)[C@@H]1CC/C=C(Cl)\C=C/CCN1. The number of likely N-dealkylation sites (N-methyl/N-ethyl adjacent to an activating group) is 1. The lowest BCUT2D eigenvalue weighted by Gasteiger charge is -2.41. The summed E-state index contributed by atoms with van der Waals surface area (Å²) in [4.78, 5) is 18.6. The quantitative estimate of drug-likeness (QED) is 0.352. The van der Waals surface area contributed by atoms with Crippen molar-refractivity contribution in [2.45, 2.75) is 62.3 Å². The first-order chi connectivity index (χ1) is 20.3. The highest BCUT2D eigenvalue weighted by molar-refractivity contribution is 6.31. The van der Waals surface area contributed by atoms with Gasteiger partial charge in [-0.1, -0.05) is 59.1 Å². The van der Waals surface area contributed by atoms with Gasteiger partial charge in [-0.3, -0.25) is 10.1 Å². The highest BCUT2D eigenvalue weighted by Gasteiger charge is 2.45. The van der Waals surface area contributed by atoms with Gasteiger partial charge in [-0.15, -0.1) is 0 Å². The molecule has 6 nitrogen and oxygen atoms in total. The monoisotopic (exact) mass is 630 g/mol. The number of nitrogens with one attached hydrogen (secondary N) is 2. The molecule has 2 aromatic rings. The van der Waals surface area contributed by atoms with E-state index in [4.69, 9.17) is 39.5 Å². The molecule has 1 saturated heterocycles. The van der Waals surface area contributed by atoms with Crippen molar-refractivity contribution >= 4 is 46.4 Å². The predicted octanol–water partition coefficient (Wildman–Crippen LogP) is 6.30. The van der Waals surface area contributed by atoms with E-state index in [9.17, 15) is 4.79 Å². The second-order valence-corrected chi connectivity index (χ2v) is 13.1. The first-order valence-electron chi connectivity index (χ1n) is 14.9. The summed E-state index contributed by atoms with van der Waals surface area (Å²) in [6, 6.07) is 13.5. The number of ether oxygens (including phenoxy) is 1. The van der Waals surface area contributed by atoms with Crippen LogP contribution in [-0.4, -0.2) is 69.5 Å². The summed E-state index contributed by atoms with van der Waals surface area (Å²) >= 11 is 18.9. The van der Waals surface area contributed by atoms with Gasteiger partial charge in [-0.05, 0) is 92.6 Å². The van der Waals surface area contributed by atoms with Gasteiger partial charge in [-0.2, -0.15) is 0 Å². The van der Waals surface area contributed by atoms with Gasteiger partial charge in [0.15, 0.2) is 0 Å². The van der Waals surface area contributed by atoms with Crippen molar-refractivity contribution in [3.05, 3.63) is 86.9 Å². The predicted molar refractivity (Wildman–Crippen MR) is 174 cm³/mol. The van der Waals surface area contributed by atoms with Crippen molar-refractivity contribution in [3.63, 3.8) is 0 Å². The number of hydrogen-bond donors (Lipinski definition) is 2. The first-order valence-corrected chi connectivity index (χ1v) is 16.0. The van der Waals surface area contributed by atoms with Crippen LogP contribution in [0.3, 0.4) is 0 Å². The van der Waals surface area contributed by atoms with Crippen molar-refractivity contribution < 1.29 is 9.53 Å². The number of hydrogen-bond acceptors (Lipinski definition) is 5. The lowest BCUT2D eigenvalue weighted by molar-refractivity contribution is -0.136. The van der Waals surface area contributed by atoms with Crippen LogP contribution in [0.4, 0.5) is 5.69 Å². The normalized spacial score (nSPS) is 24.0. The zero-order valence-corrected chi connectivity index (χ0v) is 26.7. The number of piperidine rings is 1. The van der Waals surface area contributed by atoms with E-state index in [0.717, 1.165) is 60.8 Å². The topological polar surface area (TPSA) is 56.8 Å². The zero-order chi connectivity index (χ0) is 29.7. The molecule has 2 aromatic carbocycles. The summed E-state index contributed by atoms with van der Waals surface area (Å²) < 4.78 is 5.99. The first kappa shape index (κ1) is 31.4. The molecule has 226 valence electrons.